The maximum atomic E-state index is 12.7. The summed E-state index contributed by atoms with van der Waals surface area (Å²) in [7, 11) is 0. The van der Waals surface area contributed by atoms with Crippen LogP contribution in [0.15, 0.2) is 65.3 Å². The lowest BCUT2D eigenvalue weighted by Gasteiger charge is -2.13. The predicted molar refractivity (Wildman–Crippen MR) is 111 cm³/mol. The second kappa shape index (κ2) is 7.86. The number of imide groups is 2. The number of furan rings is 1. The van der Waals surface area contributed by atoms with Crippen molar-refractivity contribution in [1.29, 1.82) is 0 Å². The number of nitrogens with zero attached hydrogens (tertiary/aromatic N) is 2. The van der Waals surface area contributed by atoms with E-state index in [2.05, 4.69) is 0 Å². The largest absolute Gasteiger partial charge is 0.467 e. The number of hydrogen-bond acceptors (Lipinski definition) is 7. The van der Waals surface area contributed by atoms with Gasteiger partial charge in [0.25, 0.3) is 23.6 Å². The smallest absolute Gasteiger partial charge is 0.338 e. The van der Waals surface area contributed by atoms with Crippen LogP contribution in [0.2, 0.25) is 0 Å². The van der Waals surface area contributed by atoms with E-state index in [0.717, 1.165) is 9.80 Å². The van der Waals surface area contributed by atoms with Gasteiger partial charge in [0.15, 0.2) is 0 Å². The van der Waals surface area contributed by atoms with Gasteiger partial charge in [-0.05, 0) is 42.5 Å². The summed E-state index contributed by atoms with van der Waals surface area (Å²) in [4.78, 5) is 64.6. The summed E-state index contributed by atoms with van der Waals surface area (Å²) in [5, 5.41) is 0. The number of benzene rings is 2. The van der Waals surface area contributed by atoms with Gasteiger partial charge in [0.1, 0.15) is 12.4 Å². The molecule has 0 spiro atoms. The molecule has 3 aromatic rings. The Balaban J connectivity index is 1.24. The van der Waals surface area contributed by atoms with Gasteiger partial charge in [0, 0.05) is 0 Å². The van der Waals surface area contributed by atoms with E-state index >= 15 is 0 Å². The van der Waals surface area contributed by atoms with E-state index in [-0.39, 0.29) is 36.4 Å². The van der Waals surface area contributed by atoms with Crippen LogP contribution in [0.25, 0.3) is 0 Å². The lowest BCUT2D eigenvalue weighted by molar-refractivity contribution is 0.0420. The molecule has 9 nitrogen and oxygen atoms in total. The molecule has 4 amide bonds. The molecule has 0 fully saturated rings. The third-order valence-electron chi connectivity index (χ3n) is 5.53. The summed E-state index contributed by atoms with van der Waals surface area (Å²) in [6.07, 6.45) is 1.45. The first kappa shape index (κ1) is 20.4. The van der Waals surface area contributed by atoms with Crippen LogP contribution in [0.3, 0.4) is 0 Å². The van der Waals surface area contributed by atoms with Crippen molar-refractivity contribution in [1.82, 2.24) is 9.80 Å². The number of carbonyl (C=O) groups excluding carboxylic acids is 5. The fourth-order valence-electron chi connectivity index (χ4n) is 3.87. The average Bonchev–Trinajstić information content (AvgIpc) is 3.49. The number of rotatable bonds is 6. The second-order valence-electron chi connectivity index (χ2n) is 7.48. The highest BCUT2D eigenvalue weighted by Crippen LogP contribution is 2.26. The van der Waals surface area contributed by atoms with Crippen molar-refractivity contribution in [2.45, 2.75) is 6.54 Å². The number of carbonyl (C=O) groups is 5. The van der Waals surface area contributed by atoms with Crippen LogP contribution in [0.1, 0.15) is 57.6 Å². The van der Waals surface area contributed by atoms with Crippen molar-refractivity contribution < 1.29 is 33.1 Å². The Morgan fingerprint density at radius 2 is 1.39 bits per heavy atom. The summed E-state index contributed by atoms with van der Waals surface area (Å²) in [5.41, 5.74) is 0.997. The first-order chi connectivity index (χ1) is 16.0. The minimum absolute atomic E-state index is 0.0145. The van der Waals surface area contributed by atoms with Gasteiger partial charge >= 0.3 is 5.97 Å². The molecule has 2 aromatic carbocycles. The van der Waals surface area contributed by atoms with Crippen LogP contribution in [-0.2, 0) is 11.3 Å². The summed E-state index contributed by atoms with van der Waals surface area (Å²) >= 11 is 0. The molecule has 2 aliphatic heterocycles. The summed E-state index contributed by atoms with van der Waals surface area (Å²) in [5.74, 6) is -2.17. The molecule has 0 radical (unpaired) electrons. The van der Waals surface area contributed by atoms with E-state index in [0.29, 0.717) is 16.9 Å². The molecule has 0 saturated heterocycles. The molecule has 0 bridgehead atoms. The molecule has 9 heteroatoms. The summed E-state index contributed by atoms with van der Waals surface area (Å²) in [6, 6.07) is 13.9. The van der Waals surface area contributed by atoms with Gasteiger partial charge in [0.05, 0.1) is 47.2 Å². The molecule has 5 rings (SSSR count). The normalized spacial score (nSPS) is 14.7. The first-order valence-corrected chi connectivity index (χ1v) is 10.1. The lowest BCUT2D eigenvalue weighted by Crippen LogP contribution is -2.33. The fourth-order valence-corrected chi connectivity index (χ4v) is 3.87. The quantitative estimate of drug-likeness (QED) is 0.424. The Morgan fingerprint density at radius 3 is 2.06 bits per heavy atom. The zero-order valence-corrected chi connectivity index (χ0v) is 17.1. The number of ether oxygens (including phenoxy) is 1. The standard InChI is InChI=1S/C24H16N2O7/c27-20-16-5-1-2-6-17(16)21(28)25(20)9-11-33-24(31)14-7-8-18-19(12-14)23(30)26(22(18)29)13-15-4-3-10-32-15/h1-8,10,12H,9,11,13H2. The minimum Gasteiger partial charge on any atom is -0.467 e. The summed E-state index contributed by atoms with van der Waals surface area (Å²) < 4.78 is 10.4. The van der Waals surface area contributed by atoms with Crippen molar-refractivity contribution in [3.05, 3.63) is 94.4 Å². The molecule has 2 aliphatic rings. The fraction of sp³-hybridized carbons (Fsp3) is 0.125. The van der Waals surface area contributed by atoms with Gasteiger partial charge in [-0.2, -0.15) is 0 Å². The maximum absolute atomic E-state index is 12.7. The predicted octanol–water partition coefficient (Wildman–Crippen LogP) is 2.53. The Morgan fingerprint density at radius 1 is 0.758 bits per heavy atom. The van der Waals surface area contributed by atoms with E-state index in [1.165, 1.54) is 24.5 Å². The van der Waals surface area contributed by atoms with Crippen molar-refractivity contribution in [3.63, 3.8) is 0 Å². The van der Waals surface area contributed by atoms with Crippen LogP contribution in [0.5, 0.6) is 0 Å². The molecular formula is C24H16N2O7. The molecule has 164 valence electrons. The van der Waals surface area contributed by atoms with Crippen LogP contribution < -0.4 is 0 Å². The Bertz CT molecular complexity index is 1290. The second-order valence-corrected chi connectivity index (χ2v) is 7.48. The molecule has 0 saturated carbocycles. The van der Waals surface area contributed by atoms with Crippen LogP contribution in [-0.4, -0.2) is 52.5 Å². The van der Waals surface area contributed by atoms with E-state index < -0.39 is 29.6 Å². The molecular weight excluding hydrogens is 428 g/mol. The van der Waals surface area contributed by atoms with Crippen molar-refractivity contribution in [2.24, 2.45) is 0 Å². The molecule has 0 N–H and O–H groups in total. The Kier molecular flexibility index (Phi) is 4.86. The monoisotopic (exact) mass is 444 g/mol. The SMILES string of the molecule is O=C(OCCN1C(=O)c2ccccc2C1=O)c1ccc2c(c1)C(=O)N(Cc1ccco1)C2=O. The van der Waals surface area contributed by atoms with Gasteiger partial charge in [-0.1, -0.05) is 12.1 Å². The van der Waals surface area contributed by atoms with Gasteiger partial charge in [0.2, 0.25) is 0 Å². The van der Waals surface area contributed by atoms with Crippen LogP contribution in [0.4, 0.5) is 0 Å². The zero-order valence-electron chi connectivity index (χ0n) is 17.1. The topological polar surface area (TPSA) is 114 Å². The van der Waals surface area contributed by atoms with E-state index in [9.17, 15) is 24.0 Å². The van der Waals surface area contributed by atoms with Crippen molar-refractivity contribution >= 4 is 29.6 Å². The number of fused-ring (bicyclic) bond motifs is 2. The maximum Gasteiger partial charge on any atom is 0.338 e. The third kappa shape index (κ3) is 3.39. The first-order valence-electron chi connectivity index (χ1n) is 10.1. The Hall–Kier alpha value is -4.53. The molecule has 3 heterocycles. The third-order valence-corrected chi connectivity index (χ3v) is 5.53. The lowest BCUT2D eigenvalue weighted by atomic mass is 10.1. The van der Waals surface area contributed by atoms with Gasteiger partial charge in [-0.15, -0.1) is 0 Å². The van der Waals surface area contributed by atoms with Crippen molar-refractivity contribution in [3.8, 4) is 0 Å². The highest BCUT2D eigenvalue weighted by atomic mass is 16.5. The molecule has 33 heavy (non-hydrogen) atoms. The number of amides is 4. The number of hydrogen-bond donors (Lipinski definition) is 0. The van der Waals surface area contributed by atoms with Crippen LogP contribution >= 0.6 is 0 Å². The van der Waals surface area contributed by atoms with E-state index in [1.54, 1.807) is 36.4 Å². The molecule has 0 atom stereocenters. The zero-order chi connectivity index (χ0) is 23.1. The van der Waals surface area contributed by atoms with E-state index in [4.69, 9.17) is 9.15 Å². The van der Waals surface area contributed by atoms with Crippen LogP contribution in [0, 0.1) is 0 Å². The number of esters is 1. The van der Waals surface area contributed by atoms with Gasteiger partial charge in [-0.25, -0.2) is 4.79 Å². The highest BCUT2D eigenvalue weighted by Gasteiger charge is 2.37. The van der Waals surface area contributed by atoms with Gasteiger partial charge < -0.3 is 9.15 Å². The van der Waals surface area contributed by atoms with Gasteiger partial charge in [-0.3, -0.25) is 29.0 Å². The van der Waals surface area contributed by atoms with E-state index in [1.807, 2.05) is 0 Å². The summed E-state index contributed by atoms with van der Waals surface area (Å²) in [6.45, 7) is -0.324. The molecule has 1 aromatic heterocycles. The minimum atomic E-state index is -0.737. The highest BCUT2D eigenvalue weighted by molar-refractivity contribution is 6.22. The molecule has 0 aliphatic carbocycles. The molecule has 0 unspecified atom stereocenters. The Labute approximate surface area is 187 Å². The average molecular weight is 444 g/mol. The van der Waals surface area contributed by atoms with Crippen molar-refractivity contribution in [2.75, 3.05) is 13.2 Å².